The van der Waals surface area contributed by atoms with Crippen LogP contribution in [0.5, 0.6) is 5.75 Å². The molecule has 0 aromatic heterocycles. The average molecular weight is 293 g/mol. The predicted molar refractivity (Wildman–Crippen MR) is 86.6 cm³/mol. The molecule has 1 aromatic carbocycles. The summed E-state index contributed by atoms with van der Waals surface area (Å²) in [5.74, 6) is 0.601. The molecule has 0 aliphatic carbocycles. The van der Waals surface area contributed by atoms with Gasteiger partial charge in [-0.15, -0.1) is 0 Å². The Morgan fingerprint density at radius 3 is 2.62 bits per heavy atom. The minimum Gasteiger partial charge on any atom is -0.495 e. The molecule has 1 aromatic rings. The summed E-state index contributed by atoms with van der Waals surface area (Å²) in [6.07, 6.45) is 0.984. The van der Waals surface area contributed by atoms with Crippen molar-refractivity contribution in [1.29, 1.82) is 0 Å². The summed E-state index contributed by atoms with van der Waals surface area (Å²) >= 11 is 0. The van der Waals surface area contributed by atoms with Crippen LogP contribution in [0.2, 0.25) is 0 Å². The monoisotopic (exact) mass is 293 g/mol. The minimum absolute atomic E-state index is 0.0581. The zero-order chi connectivity index (χ0) is 15.9. The van der Waals surface area contributed by atoms with Gasteiger partial charge in [-0.05, 0) is 38.9 Å². The highest BCUT2D eigenvalue weighted by Gasteiger charge is 2.19. The van der Waals surface area contributed by atoms with E-state index in [1.165, 1.54) is 0 Å². The van der Waals surface area contributed by atoms with E-state index in [9.17, 15) is 4.79 Å². The number of nitrogens with zero attached hydrogens (tertiary/aromatic N) is 1. The van der Waals surface area contributed by atoms with Crippen LogP contribution in [0.3, 0.4) is 0 Å². The molecule has 0 atom stereocenters. The van der Waals surface area contributed by atoms with Crippen LogP contribution in [-0.4, -0.2) is 43.1 Å². The summed E-state index contributed by atoms with van der Waals surface area (Å²) in [6.45, 7) is 7.88. The lowest BCUT2D eigenvalue weighted by molar-refractivity contribution is -0.117. The van der Waals surface area contributed by atoms with Crippen molar-refractivity contribution >= 4 is 11.6 Å². The summed E-state index contributed by atoms with van der Waals surface area (Å²) in [7, 11) is 1.59. The number of amides is 1. The SMILES string of the molecule is CCCN(CC(=O)Nc1ccccc1OC)CC(C)(C)N. The van der Waals surface area contributed by atoms with Gasteiger partial charge in [0, 0.05) is 12.1 Å². The van der Waals surface area contributed by atoms with E-state index in [1.54, 1.807) is 7.11 Å². The van der Waals surface area contributed by atoms with E-state index in [-0.39, 0.29) is 11.4 Å². The van der Waals surface area contributed by atoms with E-state index in [1.807, 2.05) is 38.1 Å². The van der Waals surface area contributed by atoms with Crippen molar-refractivity contribution in [3.63, 3.8) is 0 Å². The van der Waals surface area contributed by atoms with Gasteiger partial charge in [-0.25, -0.2) is 0 Å². The lowest BCUT2D eigenvalue weighted by Crippen LogP contribution is -2.47. The van der Waals surface area contributed by atoms with E-state index < -0.39 is 0 Å². The lowest BCUT2D eigenvalue weighted by Gasteiger charge is -2.29. The van der Waals surface area contributed by atoms with Crippen LogP contribution in [0.25, 0.3) is 0 Å². The Morgan fingerprint density at radius 2 is 2.05 bits per heavy atom. The van der Waals surface area contributed by atoms with Crippen molar-refractivity contribution < 1.29 is 9.53 Å². The molecule has 5 nitrogen and oxygen atoms in total. The normalized spacial score (nSPS) is 11.5. The Labute approximate surface area is 127 Å². The summed E-state index contributed by atoms with van der Waals surface area (Å²) in [5.41, 5.74) is 6.42. The Hall–Kier alpha value is -1.59. The number of carbonyl (C=O) groups is 1. The zero-order valence-corrected chi connectivity index (χ0v) is 13.5. The van der Waals surface area contributed by atoms with Gasteiger partial charge in [0.25, 0.3) is 0 Å². The van der Waals surface area contributed by atoms with Gasteiger partial charge in [-0.1, -0.05) is 19.1 Å². The van der Waals surface area contributed by atoms with Crippen molar-refractivity contribution in [1.82, 2.24) is 4.90 Å². The zero-order valence-electron chi connectivity index (χ0n) is 13.5. The third-order valence-electron chi connectivity index (χ3n) is 2.92. The van der Waals surface area contributed by atoms with Crippen LogP contribution in [0.15, 0.2) is 24.3 Å². The molecule has 0 fully saturated rings. The molecule has 0 aliphatic rings. The van der Waals surface area contributed by atoms with Gasteiger partial charge in [0.15, 0.2) is 0 Å². The molecule has 118 valence electrons. The average Bonchev–Trinajstić information content (AvgIpc) is 2.37. The second-order valence-corrected chi connectivity index (χ2v) is 5.95. The fourth-order valence-electron chi connectivity index (χ4n) is 2.25. The third-order valence-corrected chi connectivity index (χ3v) is 2.92. The molecule has 0 radical (unpaired) electrons. The maximum absolute atomic E-state index is 12.2. The lowest BCUT2D eigenvalue weighted by atomic mass is 10.1. The van der Waals surface area contributed by atoms with Crippen molar-refractivity contribution in [3.05, 3.63) is 24.3 Å². The fraction of sp³-hybridized carbons (Fsp3) is 0.562. The van der Waals surface area contributed by atoms with E-state index in [4.69, 9.17) is 10.5 Å². The second kappa shape index (κ2) is 8.00. The number of nitrogens with two attached hydrogens (primary N) is 1. The van der Waals surface area contributed by atoms with Crippen molar-refractivity contribution in [2.24, 2.45) is 5.73 Å². The first-order valence-corrected chi connectivity index (χ1v) is 7.30. The van der Waals surface area contributed by atoms with Gasteiger partial charge in [0.2, 0.25) is 5.91 Å². The molecular weight excluding hydrogens is 266 g/mol. The summed E-state index contributed by atoms with van der Waals surface area (Å²) in [5, 5.41) is 2.89. The topological polar surface area (TPSA) is 67.6 Å². The Bertz CT molecular complexity index is 455. The summed E-state index contributed by atoms with van der Waals surface area (Å²) < 4.78 is 5.23. The van der Waals surface area contributed by atoms with Gasteiger partial charge in [-0.2, -0.15) is 0 Å². The molecule has 5 heteroatoms. The van der Waals surface area contributed by atoms with Crippen molar-refractivity contribution in [3.8, 4) is 5.75 Å². The Balaban J connectivity index is 2.65. The molecule has 0 bridgehead atoms. The number of hydrogen-bond acceptors (Lipinski definition) is 4. The van der Waals surface area contributed by atoms with E-state index in [0.717, 1.165) is 13.0 Å². The quantitative estimate of drug-likeness (QED) is 0.770. The maximum Gasteiger partial charge on any atom is 0.238 e. The molecule has 1 amide bonds. The first-order chi connectivity index (χ1) is 9.85. The minimum atomic E-state index is -0.320. The number of rotatable bonds is 8. The highest BCUT2D eigenvalue weighted by atomic mass is 16.5. The molecule has 1 rings (SSSR count). The molecule has 0 aliphatic heterocycles. The van der Waals surface area contributed by atoms with Crippen LogP contribution in [-0.2, 0) is 4.79 Å². The molecular formula is C16H27N3O2. The van der Waals surface area contributed by atoms with Gasteiger partial charge < -0.3 is 15.8 Å². The third kappa shape index (κ3) is 6.60. The molecule has 0 heterocycles. The number of para-hydroxylation sites is 2. The highest BCUT2D eigenvalue weighted by molar-refractivity contribution is 5.93. The number of ether oxygens (including phenoxy) is 1. The van der Waals surface area contributed by atoms with Gasteiger partial charge in [0.05, 0.1) is 19.3 Å². The number of hydrogen-bond donors (Lipinski definition) is 2. The number of nitrogens with one attached hydrogen (secondary N) is 1. The van der Waals surface area contributed by atoms with Crippen LogP contribution in [0.1, 0.15) is 27.2 Å². The predicted octanol–water partition coefficient (Wildman–Crippen LogP) is 2.08. The van der Waals surface area contributed by atoms with Gasteiger partial charge >= 0.3 is 0 Å². The molecule has 0 saturated heterocycles. The largest absolute Gasteiger partial charge is 0.495 e. The maximum atomic E-state index is 12.2. The highest BCUT2D eigenvalue weighted by Crippen LogP contribution is 2.22. The van der Waals surface area contributed by atoms with Crippen LogP contribution >= 0.6 is 0 Å². The van der Waals surface area contributed by atoms with Crippen LogP contribution in [0.4, 0.5) is 5.69 Å². The molecule has 21 heavy (non-hydrogen) atoms. The van der Waals surface area contributed by atoms with E-state index in [2.05, 4.69) is 17.1 Å². The molecule has 0 unspecified atom stereocenters. The van der Waals surface area contributed by atoms with Crippen LogP contribution in [0, 0.1) is 0 Å². The summed E-state index contributed by atoms with van der Waals surface area (Å²) in [6, 6.07) is 7.38. The number of benzene rings is 1. The standard InChI is InChI=1S/C16H27N3O2/c1-5-10-19(12-16(2,3)17)11-15(20)18-13-8-6-7-9-14(13)21-4/h6-9H,5,10-12,17H2,1-4H3,(H,18,20). The van der Waals surface area contributed by atoms with E-state index >= 15 is 0 Å². The van der Waals surface area contributed by atoms with Gasteiger partial charge in [0.1, 0.15) is 5.75 Å². The number of anilines is 1. The number of methoxy groups -OCH3 is 1. The first kappa shape index (κ1) is 17.5. The van der Waals surface area contributed by atoms with E-state index in [0.29, 0.717) is 24.5 Å². The summed E-state index contributed by atoms with van der Waals surface area (Å²) in [4.78, 5) is 14.3. The molecule has 0 spiro atoms. The molecule has 3 N–H and O–H groups in total. The van der Waals surface area contributed by atoms with Crippen molar-refractivity contribution in [2.45, 2.75) is 32.7 Å². The smallest absolute Gasteiger partial charge is 0.238 e. The molecule has 0 saturated carbocycles. The number of carbonyl (C=O) groups excluding carboxylic acids is 1. The first-order valence-electron chi connectivity index (χ1n) is 7.30. The Kier molecular flexibility index (Phi) is 6.65. The Morgan fingerprint density at radius 1 is 1.38 bits per heavy atom. The van der Waals surface area contributed by atoms with Crippen molar-refractivity contribution in [2.75, 3.05) is 32.1 Å². The van der Waals surface area contributed by atoms with Crippen LogP contribution < -0.4 is 15.8 Å². The second-order valence-electron chi connectivity index (χ2n) is 5.95. The van der Waals surface area contributed by atoms with Gasteiger partial charge in [-0.3, -0.25) is 9.69 Å². The fourth-order valence-corrected chi connectivity index (χ4v) is 2.25.